The highest BCUT2D eigenvalue weighted by atomic mass is 28.4. The molecule has 28 heavy (non-hydrogen) atoms. The Bertz CT molecular complexity index is 635. The maximum absolute atomic E-state index is 11.7. The van der Waals surface area contributed by atoms with Crippen LogP contribution in [0.2, 0.25) is 32.2 Å². The van der Waals surface area contributed by atoms with Crippen molar-refractivity contribution in [3.63, 3.8) is 0 Å². The van der Waals surface area contributed by atoms with Gasteiger partial charge in [-0.3, -0.25) is 0 Å². The lowest BCUT2D eigenvalue weighted by Crippen LogP contribution is -2.40. The zero-order valence-electron chi connectivity index (χ0n) is 19.3. The summed E-state index contributed by atoms with van der Waals surface area (Å²) in [5.41, 5.74) is 0.743. The smallest absolute Gasteiger partial charge is 0.274 e. The quantitative estimate of drug-likeness (QED) is 0.332. The third-order valence-corrected chi connectivity index (χ3v) is 8.04. The number of unbranched alkanes of at least 4 members (excludes halogenated alkanes) is 1. The predicted octanol–water partition coefficient (Wildman–Crippen LogP) is 6.40. The highest BCUT2D eigenvalue weighted by Crippen LogP contribution is 2.41. The standard InChI is InChI=1S/C23H41O3Si2/c1-10-12-17-28(8,9)25-18-23(24,16-11-2)20-15-13-14-19(22(3,4)5)21(20)26-27(6)7/h11,13-15,24H,2,10,12,16-18H2,1,3-9H3. The number of hydrogen-bond acceptors (Lipinski definition) is 3. The Labute approximate surface area is 176 Å². The minimum atomic E-state index is -1.82. The van der Waals surface area contributed by atoms with E-state index in [-0.39, 0.29) is 12.0 Å². The van der Waals surface area contributed by atoms with Gasteiger partial charge in [0.1, 0.15) is 11.4 Å². The Morgan fingerprint density at radius 3 is 2.29 bits per heavy atom. The summed E-state index contributed by atoms with van der Waals surface area (Å²) in [6.07, 6.45) is 4.55. The monoisotopic (exact) mass is 421 g/mol. The molecule has 1 atom stereocenters. The molecule has 1 aromatic carbocycles. The molecule has 1 aromatic rings. The fraction of sp³-hybridized carbons (Fsp3) is 0.652. The van der Waals surface area contributed by atoms with Gasteiger partial charge in [0.2, 0.25) is 0 Å². The summed E-state index contributed by atoms with van der Waals surface area (Å²) in [5, 5.41) is 11.7. The molecule has 1 N–H and O–H groups in total. The molecule has 0 heterocycles. The minimum absolute atomic E-state index is 0.0756. The number of aliphatic hydroxyl groups is 1. The first-order chi connectivity index (χ1) is 12.9. The van der Waals surface area contributed by atoms with Gasteiger partial charge >= 0.3 is 0 Å². The van der Waals surface area contributed by atoms with E-state index in [1.54, 1.807) is 6.08 Å². The van der Waals surface area contributed by atoms with Gasteiger partial charge < -0.3 is 14.0 Å². The van der Waals surface area contributed by atoms with Gasteiger partial charge in [-0.2, -0.15) is 0 Å². The molecule has 0 saturated heterocycles. The number of benzene rings is 1. The molecule has 0 bridgehead atoms. The maximum atomic E-state index is 11.7. The first-order valence-corrected chi connectivity index (χ1v) is 16.0. The second kappa shape index (κ2) is 10.2. The van der Waals surface area contributed by atoms with Crippen LogP contribution in [-0.4, -0.2) is 29.1 Å². The molecule has 1 rings (SSSR count). The number of para-hydroxylation sites is 1. The van der Waals surface area contributed by atoms with Gasteiger partial charge in [0.25, 0.3) is 9.04 Å². The van der Waals surface area contributed by atoms with Crippen LogP contribution in [0, 0.1) is 0 Å². The van der Waals surface area contributed by atoms with Gasteiger partial charge in [-0.05, 0) is 43.2 Å². The summed E-state index contributed by atoms with van der Waals surface area (Å²) in [6.45, 7) is 21.6. The Balaban J connectivity index is 3.37. The lowest BCUT2D eigenvalue weighted by atomic mass is 9.81. The molecule has 0 aliphatic heterocycles. The van der Waals surface area contributed by atoms with E-state index in [0.29, 0.717) is 6.42 Å². The van der Waals surface area contributed by atoms with Crippen molar-refractivity contribution in [2.45, 2.75) is 90.2 Å². The highest BCUT2D eigenvalue weighted by Gasteiger charge is 2.36. The van der Waals surface area contributed by atoms with E-state index in [4.69, 9.17) is 8.85 Å². The van der Waals surface area contributed by atoms with Gasteiger partial charge in [-0.15, -0.1) is 6.58 Å². The van der Waals surface area contributed by atoms with Crippen LogP contribution in [0.4, 0.5) is 0 Å². The first-order valence-electron chi connectivity index (χ1n) is 10.5. The lowest BCUT2D eigenvalue weighted by Gasteiger charge is -2.35. The van der Waals surface area contributed by atoms with E-state index in [0.717, 1.165) is 22.9 Å². The molecule has 0 aromatic heterocycles. The van der Waals surface area contributed by atoms with Gasteiger partial charge in [0.15, 0.2) is 8.32 Å². The Kier molecular flexibility index (Phi) is 9.19. The van der Waals surface area contributed by atoms with E-state index < -0.39 is 23.0 Å². The van der Waals surface area contributed by atoms with Crippen LogP contribution < -0.4 is 4.43 Å². The molecular formula is C23H41O3Si2. The molecule has 1 radical (unpaired) electrons. The van der Waals surface area contributed by atoms with Crippen molar-refractivity contribution < 1.29 is 14.0 Å². The van der Waals surface area contributed by atoms with Crippen molar-refractivity contribution in [3.8, 4) is 5.75 Å². The Morgan fingerprint density at radius 2 is 1.79 bits per heavy atom. The van der Waals surface area contributed by atoms with Crippen LogP contribution in [-0.2, 0) is 15.4 Å². The maximum Gasteiger partial charge on any atom is 0.274 e. The van der Waals surface area contributed by atoms with Crippen molar-refractivity contribution in [1.29, 1.82) is 0 Å². The number of rotatable bonds is 11. The zero-order chi connectivity index (χ0) is 21.6. The normalized spacial score (nSPS) is 14.8. The number of hydrogen-bond donors (Lipinski definition) is 1. The largest absolute Gasteiger partial charge is 0.542 e. The Morgan fingerprint density at radius 1 is 1.18 bits per heavy atom. The van der Waals surface area contributed by atoms with Crippen molar-refractivity contribution >= 4 is 17.4 Å². The topological polar surface area (TPSA) is 38.7 Å². The highest BCUT2D eigenvalue weighted by molar-refractivity contribution is 6.71. The zero-order valence-corrected chi connectivity index (χ0v) is 21.3. The summed E-state index contributed by atoms with van der Waals surface area (Å²) in [6, 6.07) is 7.23. The molecule has 159 valence electrons. The van der Waals surface area contributed by atoms with Crippen LogP contribution in [0.15, 0.2) is 30.9 Å². The second-order valence-corrected chi connectivity index (χ2v) is 15.9. The molecule has 5 heteroatoms. The third-order valence-electron chi connectivity index (χ3n) is 4.95. The van der Waals surface area contributed by atoms with Crippen molar-refractivity contribution in [3.05, 3.63) is 42.0 Å². The van der Waals surface area contributed by atoms with Gasteiger partial charge in [0, 0.05) is 12.0 Å². The second-order valence-electron chi connectivity index (χ2n) is 9.62. The van der Waals surface area contributed by atoms with Crippen LogP contribution in [0.1, 0.15) is 58.1 Å². The van der Waals surface area contributed by atoms with E-state index >= 15 is 0 Å². The molecule has 0 aliphatic carbocycles. The fourth-order valence-electron chi connectivity index (χ4n) is 3.28. The fourth-order valence-corrected chi connectivity index (χ4v) is 5.89. The molecule has 3 nitrogen and oxygen atoms in total. The third kappa shape index (κ3) is 7.18. The van der Waals surface area contributed by atoms with E-state index in [9.17, 15) is 5.11 Å². The van der Waals surface area contributed by atoms with Gasteiger partial charge in [-0.25, -0.2) is 0 Å². The van der Waals surface area contributed by atoms with Crippen LogP contribution >= 0.6 is 0 Å². The van der Waals surface area contributed by atoms with Gasteiger partial charge in [0.05, 0.1) is 6.61 Å². The summed E-state index contributed by atoms with van der Waals surface area (Å²) in [4.78, 5) is 0. The van der Waals surface area contributed by atoms with Crippen LogP contribution in [0.3, 0.4) is 0 Å². The molecule has 0 spiro atoms. The average Bonchev–Trinajstić information content (AvgIpc) is 2.57. The van der Waals surface area contributed by atoms with E-state index in [1.807, 2.05) is 12.1 Å². The summed E-state index contributed by atoms with van der Waals surface area (Å²) in [7, 11) is -2.81. The van der Waals surface area contributed by atoms with Crippen molar-refractivity contribution in [2.24, 2.45) is 0 Å². The summed E-state index contributed by atoms with van der Waals surface area (Å²) >= 11 is 0. The summed E-state index contributed by atoms with van der Waals surface area (Å²) < 4.78 is 12.7. The SMILES string of the molecule is C=CCC(O)(CO[Si](C)(C)CCCC)c1cccc(C(C)(C)C)c1O[Si](C)C. The van der Waals surface area contributed by atoms with Crippen molar-refractivity contribution in [2.75, 3.05) is 6.61 Å². The lowest BCUT2D eigenvalue weighted by molar-refractivity contribution is -0.0115. The molecule has 0 amide bonds. The molecular weight excluding hydrogens is 380 g/mol. The first kappa shape index (κ1) is 25.2. The molecule has 0 saturated carbocycles. The molecule has 0 aliphatic rings. The van der Waals surface area contributed by atoms with Crippen molar-refractivity contribution in [1.82, 2.24) is 0 Å². The summed E-state index contributed by atoms with van der Waals surface area (Å²) in [5.74, 6) is 0.829. The van der Waals surface area contributed by atoms with E-state index in [2.05, 4.69) is 66.5 Å². The Hall–Kier alpha value is -0.886. The minimum Gasteiger partial charge on any atom is -0.542 e. The molecule has 0 fully saturated rings. The predicted molar refractivity (Wildman–Crippen MR) is 125 cm³/mol. The van der Waals surface area contributed by atoms with Gasteiger partial charge in [-0.1, -0.05) is 64.8 Å². The van der Waals surface area contributed by atoms with Crippen LogP contribution in [0.5, 0.6) is 5.75 Å². The van der Waals surface area contributed by atoms with Crippen LogP contribution in [0.25, 0.3) is 0 Å². The van der Waals surface area contributed by atoms with E-state index in [1.165, 1.54) is 12.8 Å². The average molecular weight is 422 g/mol. The molecule has 1 unspecified atom stereocenters.